The number of thiazole rings is 1. The molecule has 0 spiro atoms. The van der Waals surface area contributed by atoms with E-state index in [1.54, 1.807) is 12.4 Å². The summed E-state index contributed by atoms with van der Waals surface area (Å²) in [7, 11) is 0. The average Bonchev–Trinajstić information content (AvgIpc) is 3.45. The lowest BCUT2D eigenvalue weighted by Crippen LogP contribution is -2.36. The number of carbonyl (C=O) groups is 2. The Labute approximate surface area is 185 Å². The van der Waals surface area contributed by atoms with Crippen molar-refractivity contribution < 1.29 is 14.0 Å². The fourth-order valence-corrected chi connectivity index (χ4v) is 4.76. The van der Waals surface area contributed by atoms with Gasteiger partial charge in [-0.1, -0.05) is 49.6 Å². The maximum atomic E-state index is 12.7. The van der Waals surface area contributed by atoms with Gasteiger partial charge in [0.25, 0.3) is 0 Å². The summed E-state index contributed by atoms with van der Waals surface area (Å²) in [6.07, 6.45) is 8.97. The number of amides is 2. The Morgan fingerprint density at radius 2 is 1.81 bits per heavy atom. The van der Waals surface area contributed by atoms with Crippen molar-refractivity contribution in [3.63, 3.8) is 0 Å². The number of aromatic nitrogens is 2. The van der Waals surface area contributed by atoms with Gasteiger partial charge in [-0.25, -0.2) is 9.97 Å². The Hall–Kier alpha value is -3.00. The molecule has 2 amide bonds. The molecule has 162 valence electrons. The average molecular weight is 439 g/mol. The molecule has 2 N–H and O–H groups in total. The number of nitrogens with one attached hydrogen (secondary N) is 2. The van der Waals surface area contributed by atoms with E-state index in [4.69, 9.17) is 4.42 Å². The molecule has 4 rings (SSSR count). The maximum absolute atomic E-state index is 12.7. The summed E-state index contributed by atoms with van der Waals surface area (Å²) in [4.78, 5) is 33.7. The van der Waals surface area contributed by atoms with Gasteiger partial charge >= 0.3 is 0 Å². The summed E-state index contributed by atoms with van der Waals surface area (Å²) in [5.74, 6) is 0.979. The number of oxazole rings is 1. The third-order valence-electron chi connectivity index (χ3n) is 5.71. The lowest BCUT2D eigenvalue weighted by atomic mass is 9.69. The van der Waals surface area contributed by atoms with E-state index < -0.39 is 0 Å². The molecule has 31 heavy (non-hydrogen) atoms. The Balaban J connectivity index is 1.33. The molecule has 1 aliphatic carbocycles. The van der Waals surface area contributed by atoms with Crippen molar-refractivity contribution in [2.24, 2.45) is 5.41 Å². The Morgan fingerprint density at radius 1 is 1.03 bits per heavy atom. The Morgan fingerprint density at radius 3 is 2.55 bits per heavy atom. The highest BCUT2D eigenvalue weighted by molar-refractivity contribution is 7.13. The standard InChI is InChI=1S/C23H26N4O3S/c28-19(25-16-21-26-15-18(30-21)17-7-3-1-4-8-17)13-23(9-5-2-6-10-23)14-20(29)27-22-24-11-12-31-22/h1,3-4,7-8,11-12,15H,2,5-6,9-10,13-14,16H2,(H,25,28)(H,24,27,29). The van der Waals surface area contributed by atoms with Crippen LogP contribution >= 0.6 is 11.3 Å². The minimum absolute atomic E-state index is 0.0788. The van der Waals surface area contributed by atoms with Crippen LogP contribution in [0.5, 0.6) is 0 Å². The summed E-state index contributed by atoms with van der Waals surface area (Å²) >= 11 is 1.39. The van der Waals surface area contributed by atoms with E-state index in [0.717, 1.165) is 37.7 Å². The molecule has 3 aromatic rings. The lowest BCUT2D eigenvalue weighted by molar-refractivity contribution is -0.126. The van der Waals surface area contributed by atoms with Gasteiger partial charge in [-0.15, -0.1) is 11.3 Å². The molecule has 0 saturated heterocycles. The summed E-state index contributed by atoms with van der Waals surface area (Å²) in [6, 6.07) is 9.72. The molecule has 1 aromatic carbocycles. The molecule has 8 heteroatoms. The lowest BCUT2D eigenvalue weighted by Gasteiger charge is -2.36. The second kappa shape index (κ2) is 9.87. The largest absolute Gasteiger partial charge is 0.439 e. The van der Waals surface area contributed by atoms with E-state index in [2.05, 4.69) is 20.6 Å². The number of benzene rings is 1. The summed E-state index contributed by atoms with van der Waals surface area (Å²) in [6.45, 7) is 0.229. The number of hydrogen-bond acceptors (Lipinski definition) is 6. The molecule has 1 aliphatic rings. The fraction of sp³-hybridized carbons (Fsp3) is 0.391. The predicted octanol–water partition coefficient (Wildman–Crippen LogP) is 4.78. The van der Waals surface area contributed by atoms with Crippen LogP contribution in [0, 0.1) is 5.41 Å². The van der Waals surface area contributed by atoms with Gasteiger partial charge in [-0.2, -0.15) is 0 Å². The first-order chi connectivity index (χ1) is 15.1. The highest BCUT2D eigenvalue weighted by atomic mass is 32.1. The fourth-order valence-electron chi connectivity index (χ4n) is 4.21. The van der Waals surface area contributed by atoms with Crippen molar-refractivity contribution in [3.05, 3.63) is 54.0 Å². The molecule has 1 fully saturated rings. The van der Waals surface area contributed by atoms with E-state index in [1.165, 1.54) is 11.3 Å². The smallest absolute Gasteiger partial charge is 0.226 e. The third kappa shape index (κ3) is 5.79. The molecule has 0 bridgehead atoms. The normalized spacial score (nSPS) is 15.4. The van der Waals surface area contributed by atoms with Crippen LogP contribution in [0.4, 0.5) is 5.13 Å². The van der Waals surface area contributed by atoms with Crippen LogP contribution in [0.15, 0.2) is 52.5 Å². The topological polar surface area (TPSA) is 97.1 Å². The third-order valence-corrected chi connectivity index (χ3v) is 6.40. The van der Waals surface area contributed by atoms with Gasteiger partial charge in [0.2, 0.25) is 17.7 Å². The summed E-state index contributed by atoms with van der Waals surface area (Å²) in [5, 5.41) is 8.19. The van der Waals surface area contributed by atoms with Crippen LogP contribution in [-0.2, 0) is 16.1 Å². The molecule has 0 unspecified atom stereocenters. The predicted molar refractivity (Wildman–Crippen MR) is 119 cm³/mol. The molecular weight excluding hydrogens is 412 g/mol. The highest BCUT2D eigenvalue weighted by Crippen LogP contribution is 2.42. The van der Waals surface area contributed by atoms with Crippen molar-refractivity contribution in [2.75, 3.05) is 5.32 Å². The van der Waals surface area contributed by atoms with Crippen molar-refractivity contribution in [3.8, 4) is 11.3 Å². The van der Waals surface area contributed by atoms with Gasteiger partial charge in [-0.3, -0.25) is 9.59 Å². The number of nitrogens with zero attached hydrogens (tertiary/aromatic N) is 2. The number of rotatable bonds is 8. The van der Waals surface area contributed by atoms with Crippen molar-refractivity contribution in [2.45, 2.75) is 51.5 Å². The number of carbonyl (C=O) groups excluding carboxylic acids is 2. The van der Waals surface area contributed by atoms with Gasteiger partial charge in [0.15, 0.2) is 10.9 Å². The molecule has 7 nitrogen and oxygen atoms in total. The highest BCUT2D eigenvalue weighted by Gasteiger charge is 2.36. The zero-order chi connectivity index (χ0) is 21.5. The van der Waals surface area contributed by atoms with E-state index >= 15 is 0 Å². The van der Waals surface area contributed by atoms with Gasteiger partial charge in [0.05, 0.1) is 12.7 Å². The molecule has 0 aliphatic heterocycles. The zero-order valence-electron chi connectivity index (χ0n) is 17.3. The second-order valence-electron chi connectivity index (χ2n) is 8.06. The van der Waals surface area contributed by atoms with Crippen LogP contribution in [0.3, 0.4) is 0 Å². The number of anilines is 1. The van der Waals surface area contributed by atoms with Crippen LogP contribution in [0.25, 0.3) is 11.3 Å². The summed E-state index contributed by atoms with van der Waals surface area (Å²) < 4.78 is 5.76. The van der Waals surface area contributed by atoms with Crippen molar-refractivity contribution in [1.82, 2.24) is 15.3 Å². The Bertz CT molecular complexity index is 995. The van der Waals surface area contributed by atoms with Crippen molar-refractivity contribution >= 4 is 28.3 Å². The van der Waals surface area contributed by atoms with E-state index in [9.17, 15) is 9.59 Å². The molecule has 0 atom stereocenters. The first kappa shape index (κ1) is 21.2. The van der Waals surface area contributed by atoms with Gasteiger partial charge in [0.1, 0.15) is 0 Å². The molecule has 2 heterocycles. The van der Waals surface area contributed by atoms with Gasteiger partial charge in [-0.05, 0) is 18.3 Å². The van der Waals surface area contributed by atoms with E-state index in [-0.39, 0.29) is 23.8 Å². The van der Waals surface area contributed by atoms with E-state index in [1.807, 2.05) is 35.7 Å². The molecule has 0 radical (unpaired) electrons. The first-order valence-corrected chi connectivity index (χ1v) is 11.5. The monoisotopic (exact) mass is 438 g/mol. The van der Waals surface area contributed by atoms with Gasteiger partial charge < -0.3 is 15.1 Å². The first-order valence-electron chi connectivity index (χ1n) is 10.6. The second-order valence-corrected chi connectivity index (χ2v) is 8.96. The quantitative estimate of drug-likeness (QED) is 0.527. The number of hydrogen-bond donors (Lipinski definition) is 2. The van der Waals surface area contributed by atoms with Crippen LogP contribution in [0.1, 0.15) is 50.8 Å². The zero-order valence-corrected chi connectivity index (χ0v) is 18.1. The van der Waals surface area contributed by atoms with Crippen LogP contribution < -0.4 is 10.6 Å². The van der Waals surface area contributed by atoms with Crippen molar-refractivity contribution in [1.29, 1.82) is 0 Å². The minimum Gasteiger partial charge on any atom is -0.439 e. The van der Waals surface area contributed by atoms with Crippen LogP contribution in [-0.4, -0.2) is 21.8 Å². The molecule has 2 aromatic heterocycles. The van der Waals surface area contributed by atoms with Crippen LogP contribution in [0.2, 0.25) is 0 Å². The minimum atomic E-state index is -0.310. The Kier molecular flexibility index (Phi) is 6.76. The molecular formula is C23H26N4O3S. The SMILES string of the molecule is O=C(CC1(CC(=O)Nc2nccs2)CCCCC1)NCc1ncc(-c2ccccc2)o1. The maximum Gasteiger partial charge on any atom is 0.226 e. The van der Waals surface area contributed by atoms with Gasteiger partial charge in [0, 0.05) is 30.0 Å². The van der Waals surface area contributed by atoms with E-state index in [0.29, 0.717) is 29.6 Å². The molecule has 1 saturated carbocycles. The summed E-state index contributed by atoms with van der Waals surface area (Å²) in [5.41, 5.74) is 0.634.